The SMILES string of the molecule is COCc1nsc(N2CCCC(NS(=O)(=O)C3CC3)C2)n1. The van der Waals surface area contributed by atoms with E-state index in [-0.39, 0.29) is 11.3 Å². The van der Waals surface area contributed by atoms with Crippen molar-refractivity contribution >= 4 is 26.7 Å². The maximum atomic E-state index is 12.0. The Bertz CT molecular complexity index is 585. The second-order valence-electron chi connectivity index (χ2n) is 5.57. The fourth-order valence-corrected chi connectivity index (χ4v) is 4.83. The number of piperidine rings is 1. The Morgan fingerprint density at radius 1 is 1.43 bits per heavy atom. The van der Waals surface area contributed by atoms with Gasteiger partial charge in [-0.25, -0.2) is 18.1 Å². The first-order valence-electron chi connectivity index (χ1n) is 7.16. The van der Waals surface area contributed by atoms with Gasteiger partial charge in [0.2, 0.25) is 15.2 Å². The van der Waals surface area contributed by atoms with Gasteiger partial charge in [0.15, 0.2) is 5.82 Å². The average molecular weight is 332 g/mol. The lowest BCUT2D eigenvalue weighted by Crippen LogP contribution is -2.48. The fraction of sp³-hybridized carbons (Fsp3) is 0.833. The number of nitrogens with zero attached hydrogens (tertiary/aromatic N) is 3. The standard InChI is InChI=1S/C12H20N4O3S2/c1-19-8-11-13-12(20-14-11)16-6-2-3-9(7-16)15-21(17,18)10-4-5-10/h9-10,15H,2-8H2,1H3. The predicted molar refractivity (Wildman–Crippen MR) is 80.9 cm³/mol. The minimum Gasteiger partial charge on any atom is -0.377 e. The summed E-state index contributed by atoms with van der Waals surface area (Å²) in [5, 5.41) is 0.681. The number of aromatic nitrogens is 2. The van der Waals surface area contributed by atoms with Gasteiger partial charge in [-0.1, -0.05) is 0 Å². The lowest BCUT2D eigenvalue weighted by atomic mass is 10.1. The first-order valence-corrected chi connectivity index (χ1v) is 9.48. The molecule has 2 aliphatic rings. The summed E-state index contributed by atoms with van der Waals surface area (Å²) in [6, 6.07) is -0.0286. The minimum absolute atomic E-state index is 0.0286. The summed E-state index contributed by atoms with van der Waals surface area (Å²) < 4.78 is 36.2. The molecule has 1 saturated heterocycles. The molecular weight excluding hydrogens is 312 g/mol. The molecular formula is C12H20N4O3S2. The van der Waals surface area contributed by atoms with Crippen LogP contribution in [-0.2, 0) is 21.4 Å². The largest absolute Gasteiger partial charge is 0.377 e. The molecule has 1 saturated carbocycles. The zero-order valence-electron chi connectivity index (χ0n) is 12.0. The molecule has 0 bridgehead atoms. The molecule has 1 N–H and O–H groups in total. The Hall–Kier alpha value is -0.770. The van der Waals surface area contributed by atoms with Crippen molar-refractivity contribution in [2.75, 3.05) is 25.1 Å². The number of rotatable bonds is 6. The number of nitrogens with one attached hydrogen (secondary N) is 1. The molecule has 118 valence electrons. The Morgan fingerprint density at radius 2 is 2.24 bits per heavy atom. The molecule has 2 heterocycles. The molecule has 0 amide bonds. The van der Waals surface area contributed by atoms with Crippen molar-refractivity contribution in [3.05, 3.63) is 5.82 Å². The molecule has 0 aromatic carbocycles. The summed E-state index contributed by atoms with van der Waals surface area (Å²) in [4.78, 5) is 6.54. The Labute approximate surface area is 128 Å². The van der Waals surface area contributed by atoms with E-state index in [0.717, 1.165) is 37.4 Å². The summed E-state index contributed by atoms with van der Waals surface area (Å²) >= 11 is 1.34. The molecule has 0 spiro atoms. The minimum atomic E-state index is -3.13. The van der Waals surface area contributed by atoms with E-state index < -0.39 is 10.0 Å². The monoisotopic (exact) mass is 332 g/mol. The molecule has 21 heavy (non-hydrogen) atoms. The third-order valence-corrected chi connectivity index (χ3v) is 6.54. The maximum Gasteiger partial charge on any atom is 0.214 e. The van der Waals surface area contributed by atoms with Gasteiger partial charge < -0.3 is 9.64 Å². The van der Waals surface area contributed by atoms with Crippen LogP contribution in [0.15, 0.2) is 0 Å². The molecule has 2 fully saturated rings. The van der Waals surface area contributed by atoms with E-state index >= 15 is 0 Å². The molecule has 0 radical (unpaired) electrons. The third-order valence-electron chi connectivity index (χ3n) is 3.72. The summed E-state index contributed by atoms with van der Waals surface area (Å²) in [6.07, 6.45) is 3.42. The number of ether oxygens (including phenoxy) is 1. The second-order valence-corrected chi connectivity index (χ2v) is 8.30. The molecule has 1 atom stereocenters. The maximum absolute atomic E-state index is 12.0. The second kappa shape index (κ2) is 6.15. The molecule has 1 aromatic heterocycles. The van der Waals surface area contributed by atoms with Crippen molar-refractivity contribution in [2.24, 2.45) is 0 Å². The van der Waals surface area contributed by atoms with Crippen molar-refractivity contribution in [1.29, 1.82) is 0 Å². The van der Waals surface area contributed by atoms with Crippen molar-refractivity contribution in [1.82, 2.24) is 14.1 Å². The van der Waals surface area contributed by atoms with Gasteiger partial charge in [0.1, 0.15) is 6.61 Å². The summed E-state index contributed by atoms with van der Waals surface area (Å²) in [7, 11) is -1.51. The van der Waals surface area contributed by atoms with Gasteiger partial charge >= 0.3 is 0 Å². The number of anilines is 1. The smallest absolute Gasteiger partial charge is 0.214 e. The third kappa shape index (κ3) is 3.71. The van der Waals surface area contributed by atoms with E-state index in [1.165, 1.54) is 11.5 Å². The van der Waals surface area contributed by atoms with E-state index in [1.54, 1.807) is 7.11 Å². The number of methoxy groups -OCH3 is 1. The highest BCUT2D eigenvalue weighted by Crippen LogP contribution is 2.29. The van der Waals surface area contributed by atoms with Crippen LogP contribution in [0.3, 0.4) is 0 Å². The molecule has 7 nitrogen and oxygen atoms in total. The number of hydrogen-bond acceptors (Lipinski definition) is 7. The fourth-order valence-electron chi connectivity index (χ4n) is 2.51. The van der Waals surface area contributed by atoms with Crippen LogP contribution in [0.5, 0.6) is 0 Å². The summed E-state index contributed by atoms with van der Waals surface area (Å²) in [5.74, 6) is 0.679. The van der Waals surface area contributed by atoms with Gasteiger partial charge in [0.05, 0.1) is 5.25 Å². The van der Waals surface area contributed by atoms with Crippen LogP contribution in [0.1, 0.15) is 31.5 Å². The lowest BCUT2D eigenvalue weighted by molar-refractivity contribution is 0.179. The number of hydrogen-bond donors (Lipinski definition) is 1. The molecule has 1 aromatic rings. The van der Waals surface area contributed by atoms with Crippen LogP contribution in [0.4, 0.5) is 5.13 Å². The predicted octanol–water partition coefficient (Wildman–Crippen LogP) is 0.735. The van der Waals surface area contributed by atoms with E-state index in [4.69, 9.17) is 4.74 Å². The lowest BCUT2D eigenvalue weighted by Gasteiger charge is -2.32. The topological polar surface area (TPSA) is 84.4 Å². The quantitative estimate of drug-likeness (QED) is 0.827. The first kappa shape index (κ1) is 15.1. The van der Waals surface area contributed by atoms with E-state index in [9.17, 15) is 8.42 Å². The number of sulfonamides is 1. The van der Waals surface area contributed by atoms with Crippen LogP contribution in [-0.4, -0.2) is 49.3 Å². The molecule has 1 aliphatic heterocycles. The average Bonchev–Trinajstić information content (AvgIpc) is 3.21. The molecule has 9 heteroatoms. The van der Waals surface area contributed by atoms with Crippen molar-refractivity contribution in [3.8, 4) is 0 Å². The summed E-state index contributed by atoms with van der Waals surface area (Å²) in [6.45, 7) is 1.96. The van der Waals surface area contributed by atoms with Crippen LogP contribution in [0.25, 0.3) is 0 Å². The van der Waals surface area contributed by atoms with Gasteiger partial charge in [-0.2, -0.15) is 4.37 Å². The van der Waals surface area contributed by atoms with E-state index in [1.807, 2.05) is 0 Å². The molecule has 1 aliphatic carbocycles. The zero-order chi connectivity index (χ0) is 14.9. The van der Waals surface area contributed by atoms with Gasteiger partial charge in [-0.3, -0.25) is 0 Å². The Balaban J connectivity index is 1.62. The van der Waals surface area contributed by atoms with Gasteiger partial charge in [-0.05, 0) is 25.7 Å². The molecule has 3 rings (SSSR count). The molecule has 1 unspecified atom stereocenters. The van der Waals surface area contributed by atoms with Gasteiger partial charge in [0, 0.05) is 37.8 Å². The van der Waals surface area contributed by atoms with Crippen LogP contribution in [0, 0.1) is 0 Å². The normalized spacial score (nSPS) is 23.5. The Morgan fingerprint density at radius 3 is 2.95 bits per heavy atom. The van der Waals surface area contributed by atoms with E-state index in [0.29, 0.717) is 19.0 Å². The first-order chi connectivity index (χ1) is 10.1. The van der Waals surface area contributed by atoms with E-state index in [2.05, 4.69) is 19.0 Å². The zero-order valence-corrected chi connectivity index (χ0v) is 13.6. The Kier molecular flexibility index (Phi) is 4.43. The highest BCUT2D eigenvalue weighted by Gasteiger charge is 2.37. The van der Waals surface area contributed by atoms with Gasteiger partial charge in [-0.15, -0.1) is 0 Å². The van der Waals surface area contributed by atoms with Crippen molar-refractivity contribution in [2.45, 2.75) is 43.6 Å². The van der Waals surface area contributed by atoms with Crippen LogP contribution < -0.4 is 9.62 Å². The van der Waals surface area contributed by atoms with Crippen molar-refractivity contribution in [3.63, 3.8) is 0 Å². The van der Waals surface area contributed by atoms with Crippen LogP contribution in [0.2, 0.25) is 0 Å². The van der Waals surface area contributed by atoms with Crippen molar-refractivity contribution < 1.29 is 13.2 Å². The highest BCUT2D eigenvalue weighted by atomic mass is 32.2. The van der Waals surface area contributed by atoms with Gasteiger partial charge in [0.25, 0.3) is 0 Å². The highest BCUT2D eigenvalue weighted by molar-refractivity contribution is 7.90. The van der Waals surface area contributed by atoms with Crippen LogP contribution >= 0.6 is 11.5 Å². The summed E-state index contributed by atoms with van der Waals surface area (Å²) in [5.41, 5.74) is 0.